The molecule has 1 aliphatic rings. The molecule has 1 aromatic carbocycles. The number of hydrogen-bond donors (Lipinski definition) is 2. The summed E-state index contributed by atoms with van der Waals surface area (Å²) in [4.78, 5) is 13.5. The monoisotopic (exact) mass is 331 g/mol. The number of carbonyl (C=O) groups is 1. The van der Waals surface area contributed by atoms with Crippen LogP contribution in [0.25, 0.3) is 0 Å². The van der Waals surface area contributed by atoms with Crippen molar-refractivity contribution in [2.75, 3.05) is 30.3 Å². The Kier molecular flexibility index (Phi) is 3.52. The number of halogens is 1. The van der Waals surface area contributed by atoms with Gasteiger partial charge in [-0.05, 0) is 40.8 Å². The SMILES string of the molecule is Nc1ccc(N2CCNC(=O)CC2)c(I)c1. The molecule has 16 heavy (non-hydrogen) atoms. The highest BCUT2D eigenvalue weighted by molar-refractivity contribution is 14.1. The van der Waals surface area contributed by atoms with Crippen LogP contribution in [-0.4, -0.2) is 25.5 Å². The van der Waals surface area contributed by atoms with Gasteiger partial charge in [0.15, 0.2) is 0 Å². The number of benzene rings is 1. The molecule has 2 rings (SSSR count). The molecule has 0 atom stereocenters. The van der Waals surface area contributed by atoms with Crippen LogP contribution >= 0.6 is 22.6 Å². The maximum absolute atomic E-state index is 11.2. The summed E-state index contributed by atoms with van der Waals surface area (Å²) in [5.41, 5.74) is 7.65. The van der Waals surface area contributed by atoms with Crippen LogP contribution < -0.4 is 16.0 Å². The van der Waals surface area contributed by atoms with E-state index in [1.807, 2.05) is 18.2 Å². The number of nitrogens with two attached hydrogens (primary N) is 1. The average Bonchev–Trinajstić information content (AvgIpc) is 2.43. The van der Waals surface area contributed by atoms with Gasteiger partial charge in [0.05, 0.1) is 5.69 Å². The van der Waals surface area contributed by atoms with Gasteiger partial charge >= 0.3 is 0 Å². The third-order valence-electron chi connectivity index (χ3n) is 2.63. The first-order valence-corrected chi connectivity index (χ1v) is 6.31. The summed E-state index contributed by atoms with van der Waals surface area (Å²) in [7, 11) is 0. The normalized spacial score (nSPS) is 16.8. The van der Waals surface area contributed by atoms with Gasteiger partial charge in [-0.3, -0.25) is 4.79 Å². The molecule has 0 spiro atoms. The highest BCUT2D eigenvalue weighted by Gasteiger charge is 2.15. The van der Waals surface area contributed by atoms with Gasteiger partial charge in [0.2, 0.25) is 5.91 Å². The number of nitrogens with one attached hydrogen (secondary N) is 1. The van der Waals surface area contributed by atoms with Crippen molar-refractivity contribution >= 4 is 39.9 Å². The summed E-state index contributed by atoms with van der Waals surface area (Å²) < 4.78 is 1.13. The Morgan fingerprint density at radius 1 is 1.38 bits per heavy atom. The molecule has 0 radical (unpaired) electrons. The van der Waals surface area contributed by atoms with E-state index in [-0.39, 0.29) is 5.91 Å². The van der Waals surface area contributed by atoms with E-state index in [9.17, 15) is 4.79 Å². The smallest absolute Gasteiger partial charge is 0.221 e. The Bertz CT molecular complexity index is 408. The van der Waals surface area contributed by atoms with Crippen LogP contribution in [0.15, 0.2) is 18.2 Å². The fraction of sp³-hybridized carbons (Fsp3) is 0.364. The Morgan fingerprint density at radius 2 is 2.19 bits per heavy atom. The van der Waals surface area contributed by atoms with Crippen molar-refractivity contribution in [3.8, 4) is 0 Å². The third kappa shape index (κ3) is 2.58. The minimum Gasteiger partial charge on any atom is -0.399 e. The summed E-state index contributed by atoms with van der Waals surface area (Å²) in [6, 6.07) is 5.88. The van der Waals surface area contributed by atoms with Crippen LogP contribution in [0.3, 0.4) is 0 Å². The Labute approximate surface area is 108 Å². The summed E-state index contributed by atoms with van der Waals surface area (Å²) in [6.45, 7) is 2.33. The third-order valence-corrected chi connectivity index (χ3v) is 3.49. The van der Waals surface area contributed by atoms with E-state index in [1.165, 1.54) is 0 Å². The quantitative estimate of drug-likeness (QED) is 0.601. The molecular weight excluding hydrogens is 317 g/mol. The Morgan fingerprint density at radius 3 is 2.94 bits per heavy atom. The van der Waals surface area contributed by atoms with E-state index in [4.69, 9.17) is 5.73 Å². The lowest BCUT2D eigenvalue weighted by Crippen LogP contribution is -2.28. The second kappa shape index (κ2) is 4.90. The predicted octanol–water partition coefficient (Wildman–Crippen LogP) is 1.20. The molecule has 1 aromatic rings. The van der Waals surface area contributed by atoms with Crippen molar-refractivity contribution in [2.24, 2.45) is 0 Å². The van der Waals surface area contributed by atoms with E-state index in [0.717, 1.165) is 28.0 Å². The molecule has 0 saturated carbocycles. The predicted molar refractivity (Wildman–Crippen MR) is 73.4 cm³/mol. The summed E-state index contributed by atoms with van der Waals surface area (Å²) >= 11 is 2.28. The molecule has 0 aliphatic carbocycles. The fourth-order valence-electron chi connectivity index (χ4n) is 1.79. The Hall–Kier alpha value is -0.980. The van der Waals surface area contributed by atoms with Gasteiger partial charge in [-0.25, -0.2) is 0 Å². The van der Waals surface area contributed by atoms with Crippen molar-refractivity contribution in [1.29, 1.82) is 0 Å². The largest absolute Gasteiger partial charge is 0.399 e. The van der Waals surface area contributed by atoms with E-state index in [2.05, 4.69) is 32.8 Å². The lowest BCUT2D eigenvalue weighted by Gasteiger charge is -2.23. The molecule has 3 N–H and O–H groups in total. The van der Waals surface area contributed by atoms with Crippen LogP contribution in [0.5, 0.6) is 0 Å². The first-order valence-electron chi connectivity index (χ1n) is 5.23. The molecule has 1 amide bonds. The topological polar surface area (TPSA) is 58.4 Å². The minimum atomic E-state index is 0.132. The lowest BCUT2D eigenvalue weighted by molar-refractivity contribution is -0.120. The number of hydrogen-bond acceptors (Lipinski definition) is 3. The van der Waals surface area contributed by atoms with Crippen molar-refractivity contribution in [3.63, 3.8) is 0 Å². The number of nitrogen functional groups attached to an aromatic ring is 1. The molecule has 0 bridgehead atoms. The van der Waals surface area contributed by atoms with Crippen LogP contribution in [0, 0.1) is 3.57 Å². The molecule has 1 aliphatic heterocycles. The second-order valence-electron chi connectivity index (χ2n) is 3.80. The molecule has 4 nitrogen and oxygen atoms in total. The molecular formula is C11H14IN3O. The summed E-state index contributed by atoms with van der Waals surface area (Å²) in [6.07, 6.45) is 0.556. The van der Waals surface area contributed by atoms with Crippen molar-refractivity contribution in [1.82, 2.24) is 5.32 Å². The summed E-state index contributed by atoms with van der Waals surface area (Å²) in [5.74, 6) is 0.132. The van der Waals surface area contributed by atoms with Gasteiger partial charge in [0, 0.05) is 35.3 Å². The van der Waals surface area contributed by atoms with Crippen LogP contribution in [0.2, 0.25) is 0 Å². The van der Waals surface area contributed by atoms with Crippen LogP contribution in [0.4, 0.5) is 11.4 Å². The molecule has 86 valence electrons. The molecule has 1 fully saturated rings. The molecule has 1 saturated heterocycles. The van der Waals surface area contributed by atoms with Crippen molar-refractivity contribution in [3.05, 3.63) is 21.8 Å². The first kappa shape index (κ1) is 11.5. The average molecular weight is 331 g/mol. The number of amides is 1. The van der Waals surface area contributed by atoms with Crippen molar-refractivity contribution < 1.29 is 4.79 Å². The minimum absolute atomic E-state index is 0.132. The molecule has 1 heterocycles. The van der Waals surface area contributed by atoms with E-state index < -0.39 is 0 Å². The highest BCUT2D eigenvalue weighted by atomic mass is 127. The van der Waals surface area contributed by atoms with Crippen molar-refractivity contribution in [2.45, 2.75) is 6.42 Å². The van der Waals surface area contributed by atoms with Gasteiger partial charge < -0.3 is 16.0 Å². The zero-order valence-corrected chi connectivity index (χ0v) is 11.0. The number of carbonyl (C=O) groups excluding carboxylic acids is 1. The molecule has 5 heteroatoms. The van der Waals surface area contributed by atoms with Crippen LogP contribution in [0.1, 0.15) is 6.42 Å². The van der Waals surface area contributed by atoms with E-state index >= 15 is 0 Å². The molecule has 0 aromatic heterocycles. The first-order chi connectivity index (χ1) is 7.66. The zero-order valence-electron chi connectivity index (χ0n) is 8.87. The lowest BCUT2D eigenvalue weighted by atomic mass is 10.2. The second-order valence-corrected chi connectivity index (χ2v) is 4.96. The summed E-state index contributed by atoms with van der Waals surface area (Å²) in [5, 5.41) is 2.87. The Balaban J connectivity index is 2.19. The van der Waals surface area contributed by atoms with Gasteiger partial charge in [-0.15, -0.1) is 0 Å². The number of nitrogens with zero attached hydrogens (tertiary/aromatic N) is 1. The van der Waals surface area contributed by atoms with Gasteiger partial charge in [-0.1, -0.05) is 0 Å². The zero-order chi connectivity index (χ0) is 11.5. The molecule has 0 unspecified atom stereocenters. The standard InChI is InChI=1S/C11H14IN3O/c12-9-7-8(13)1-2-10(9)15-5-3-11(16)14-4-6-15/h1-2,7H,3-6,13H2,(H,14,16). The van der Waals surface area contributed by atoms with E-state index in [1.54, 1.807) is 0 Å². The fourth-order valence-corrected chi connectivity index (χ4v) is 2.67. The maximum Gasteiger partial charge on any atom is 0.221 e. The number of rotatable bonds is 1. The highest BCUT2D eigenvalue weighted by Crippen LogP contribution is 2.25. The van der Waals surface area contributed by atoms with Crippen LogP contribution in [-0.2, 0) is 4.79 Å². The van der Waals surface area contributed by atoms with Gasteiger partial charge in [0.1, 0.15) is 0 Å². The van der Waals surface area contributed by atoms with Gasteiger partial charge in [-0.2, -0.15) is 0 Å². The van der Waals surface area contributed by atoms with E-state index in [0.29, 0.717) is 13.0 Å². The van der Waals surface area contributed by atoms with Gasteiger partial charge in [0.25, 0.3) is 0 Å². The maximum atomic E-state index is 11.2. The number of anilines is 2.